The normalized spacial score (nSPS) is 23.5. The summed E-state index contributed by atoms with van der Waals surface area (Å²) in [6.07, 6.45) is 0. The molecule has 1 saturated heterocycles. The summed E-state index contributed by atoms with van der Waals surface area (Å²) in [5.41, 5.74) is 1.71. The van der Waals surface area contributed by atoms with E-state index in [9.17, 15) is 13.2 Å². The Morgan fingerprint density at radius 2 is 2.14 bits per heavy atom. The van der Waals surface area contributed by atoms with Crippen molar-refractivity contribution in [3.05, 3.63) is 30.1 Å². The lowest BCUT2D eigenvalue weighted by molar-refractivity contribution is 0.237. The summed E-state index contributed by atoms with van der Waals surface area (Å²) in [4.78, 5) is 19.3. The zero-order valence-corrected chi connectivity index (χ0v) is 13.1. The molecule has 1 aliphatic rings. The molecule has 0 aliphatic carbocycles. The maximum absolute atomic E-state index is 11.8. The first-order chi connectivity index (χ1) is 10.4. The molecule has 9 heteroatoms. The highest BCUT2D eigenvalue weighted by atomic mass is 35.5. The highest BCUT2D eigenvalue weighted by Crippen LogP contribution is 2.17. The third-order valence-corrected chi connectivity index (χ3v) is 5.83. The largest absolute Gasteiger partial charge is 0.340 e. The van der Waals surface area contributed by atoms with Gasteiger partial charge in [0.2, 0.25) is 0 Å². The van der Waals surface area contributed by atoms with E-state index < -0.39 is 27.3 Å². The molecule has 0 radical (unpaired) electrons. The van der Waals surface area contributed by atoms with E-state index in [1.54, 1.807) is 0 Å². The molecule has 2 aromatic rings. The number of urea groups is 1. The minimum Gasteiger partial charge on any atom is -0.340 e. The van der Waals surface area contributed by atoms with Gasteiger partial charge in [-0.05, 0) is 12.1 Å². The Bertz CT molecular complexity index is 771. The van der Waals surface area contributed by atoms with E-state index in [0.717, 1.165) is 11.0 Å². The number of sulfone groups is 1. The van der Waals surface area contributed by atoms with E-state index in [4.69, 9.17) is 11.6 Å². The molecule has 1 fully saturated rings. The van der Waals surface area contributed by atoms with Crippen LogP contribution in [-0.2, 0) is 16.4 Å². The van der Waals surface area contributed by atoms with Gasteiger partial charge < -0.3 is 15.6 Å². The maximum atomic E-state index is 11.8. The van der Waals surface area contributed by atoms with E-state index in [0.29, 0.717) is 5.82 Å². The number of fused-ring (bicyclic) bond motifs is 1. The number of alkyl halides is 1. The highest BCUT2D eigenvalue weighted by Gasteiger charge is 2.37. The van der Waals surface area contributed by atoms with Crippen LogP contribution in [0.1, 0.15) is 5.82 Å². The number of benzene rings is 1. The predicted octanol–water partition coefficient (Wildman–Crippen LogP) is 0.767. The third kappa shape index (κ3) is 3.33. The number of nitrogens with one attached hydrogen (secondary N) is 3. The fraction of sp³-hybridized carbons (Fsp3) is 0.385. The van der Waals surface area contributed by atoms with E-state index >= 15 is 0 Å². The zero-order chi connectivity index (χ0) is 15.7. The lowest BCUT2D eigenvalue weighted by atomic mass is 10.2. The second-order valence-corrected chi connectivity index (χ2v) is 7.94. The number of hydrogen-bond acceptors (Lipinski definition) is 4. The van der Waals surface area contributed by atoms with Gasteiger partial charge in [0.15, 0.2) is 9.84 Å². The number of amides is 2. The Morgan fingerprint density at radius 3 is 2.82 bits per heavy atom. The number of aromatic amines is 1. The van der Waals surface area contributed by atoms with E-state index in [-0.39, 0.29) is 18.1 Å². The lowest BCUT2D eigenvalue weighted by Crippen LogP contribution is -2.45. The molecule has 1 aromatic heterocycles. The molecule has 1 aromatic carbocycles. The average Bonchev–Trinajstić information content (AvgIpc) is 2.96. The van der Waals surface area contributed by atoms with Crippen molar-refractivity contribution in [3.63, 3.8) is 0 Å². The number of H-pyrrole nitrogens is 1. The van der Waals surface area contributed by atoms with Gasteiger partial charge in [-0.2, -0.15) is 0 Å². The second kappa shape index (κ2) is 5.77. The Morgan fingerprint density at radius 1 is 1.36 bits per heavy atom. The van der Waals surface area contributed by atoms with Crippen LogP contribution in [0, 0.1) is 0 Å². The molecular formula is C13H15ClN4O3S. The predicted molar refractivity (Wildman–Crippen MR) is 83.5 cm³/mol. The van der Waals surface area contributed by atoms with Crippen molar-refractivity contribution in [2.75, 3.05) is 11.5 Å². The minimum absolute atomic E-state index is 0.108. The van der Waals surface area contributed by atoms with Crippen LogP contribution < -0.4 is 10.6 Å². The number of imidazole rings is 1. The average molecular weight is 343 g/mol. The fourth-order valence-electron chi connectivity index (χ4n) is 2.41. The molecule has 3 N–H and O–H groups in total. The van der Waals surface area contributed by atoms with E-state index in [1.165, 1.54) is 0 Å². The number of nitrogens with zero attached hydrogens (tertiary/aromatic N) is 1. The molecule has 118 valence electrons. The Labute approximate surface area is 132 Å². The van der Waals surface area contributed by atoms with Crippen molar-refractivity contribution in [3.8, 4) is 0 Å². The van der Waals surface area contributed by atoms with Crippen molar-refractivity contribution >= 4 is 38.5 Å². The van der Waals surface area contributed by atoms with Gasteiger partial charge >= 0.3 is 6.03 Å². The molecular weight excluding hydrogens is 328 g/mol. The molecule has 1 aliphatic heterocycles. The van der Waals surface area contributed by atoms with Gasteiger partial charge in [-0.1, -0.05) is 12.1 Å². The summed E-state index contributed by atoms with van der Waals surface area (Å²) in [7, 11) is -3.17. The lowest BCUT2D eigenvalue weighted by Gasteiger charge is -2.14. The fourth-order valence-corrected chi connectivity index (χ4v) is 4.96. The molecule has 3 rings (SSSR count). The topological polar surface area (TPSA) is 104 Å². The molecule has 0 saturated carbocycles. The Kier molecular flexibility index (Phi) is 3.96. The van der Waals surface area contributed by atoms with Crippen LogP contribution in [0.3, 0.4) is 0 Å². The molecule has 7 nitrogen and oxygen atoms in total. The molecule has 2 atom stereocenters. The number of carbonyl (C=O) groups excluding carboxylic acids is 1. The Balaban J connectivity index is 1.56. The van der Waals surface area contributed by atoms with Crippen molar-refractivity contribution in [1.29, 1.82) is 0 Å². The van der Waals surface area contributed by atoms with Crippen molar-refractivity contribution < 1.29 is 13.2 Å². The quantitative estimate of drug-likeness (QED) is 0.716. The molecule has 0 bridgehead atoms. The molecule has 0 unspecified atom stereocenters. The smallest absolute Gasteiger partial charge is 0.315 e. The molecule has 2 heterocycles. The van der Waals surface area contributed by atoms with Gasteiger partial charge in [0.25, 0.3) is 0 Å². The molecule has 0 spiro atoms. The summed E-state index contributed by atoms with van der Waals surface area (Å²) in [6, 6.07) is 6.51. The second-order valence-electron chi connectivity index (χ2n) is 5.23. The summed E-state index contributed by atoms with van der Waals surface area (Å²) < 4.78 is 22.9. The van der Waals surface area contributed by atoms with Crippen LogP contribution in [0.4, 0.5) is 4.79 Å². The van der Waals surface area contributed by atoms with Gasteiger partial charge in [0, 0.05) is 0 Å². The van der Waals surface area contributed by atoms with E-state index in [1.807, 2.05) is 24.3 Å². The highest BCUT2D eigenvalue weighted by molar-refractivity contribution is 7.91. The first-order valence-corrected chi connectivity index (χ1v) is 9.01. The van der Waals surface area contributed by atoms with Crippen LogP contribution in [0.5, 0.6) is 0 Å². The summed E-state index contributed by atoms with van der Waals surface area (Å²) in [6.45, 7) is 0.215. The number of hydrogen-bond donors (Lipinski definition) is 3. The summed E-state index contributed by atoms with van der Waals surface area (Å²) >= 11 is 5.94. The van der Waals surface area contributed by atoms with Crippen molar-refractivity contribution in [1.82, 2.24) is 20.6 Å². The third-order valence-electron chi connectivity index (χ3n) is 3.45. The summed E-state index contributed by atoms with van der Waals surface area (Å²) in [5, 5.41) is 4.63. The number of rotatable bonds is 3. The van der Waals surface area contributed by atoms with E-state index in [2.05, 4.69) is 20.6 Å². The number of para-hydroxylation sites is 2. The zero-order valence-electron chi connectivity index (χ0n) is 11.5. The van der Waals surface area contributed by atoms with Crippen molar-refractivity contribution in [2.24, 2.45) is 0 Å². The minimum atomic E-state index is -3.17. The molecule has 22 heavy (non-hydrogen) atoms. The standard InChI is InChI=1S/C13H15ClN4O3S/c14-8-6-22(20,21)7-11(8)18-13(19)15-5-12-16-9-3-1-2-4-10(9)17-12/h1-4,8,11H,5-7H2,(H,16,17)(H2,15,18,19)/t8-,11+/m1/s1. The van der Waals surface area contributed by atoms with Crippen LogP contribution in [0.25, 0.3) is 11.0 Å². The van der Waals surface area contributed by atoms with Crippen LogP contribution >= 0.6 is 11.6 Å². The number of aromatic nitrogens is 2. The van der Waals surface area contributed by atoms with Gasteiger partial charge in [-0.25, -0.2) is 18.2 Å². The van der Waals surface area contributed by atoms with Gasteiger partial charge in [-0.15, -0.1) is 11.6 Å². The first kappa shape index (κ1) is 15.1. The maximum Gasteiger partial charge on any atom is 0.315 e. The molecule has 2 amide bonds. The Hall–Kier alpha value is -1.80. The first-order valence-electron chi connectivity index (χ1n) is 6.75. The number of carbonyl (C=O) groups is 1. The van der Waals surface area contributed by atoms with Gasteiger partial charge in [0.05, 0.1) is 40.5 Å². The van der Waals surface area contributed by atoms with Crippen molar-refractivity contribution in [2.45, 2.75) is 18.0 Å². The number of halogens is 1. The van der Waals surface area contributed by atoms with Crippen LogP contribution in [-0.4, -0.2) is 47.3 Å². The van der Waals surface area contributed by atoms with Gasteiger partial charge in [0.1, 0.15) is 5.82 Å². The van der Waals surface area contributed by atoms with Crippen LogP contribution in [0.2, 0.25) is 0 Å². The monoisotopic (exact) mass is 342 g/mol. The summed E-state index contributed by atoms with van der Waals surface area (Å²) in [5.74, 6) is 0.389. The SMILES string of the molecule is O=C(NCc1nc2ccccc2[nH]1)N[C@H]1CS(=O)(=O)C[C@H]1Cl. The van der Waals surface area contributed by atoms with Gasteiger partial charge in [-0.3, -0.25) is 0 Å². The van der Waals surface area contributed by atoms with Crippen LogP contribution in [0.15, 0.2) is 24.3 Å².